The zero-order chi connectivity index (χ0) is 16.4. The summed E-state index contributed by atoms with van der Waals surface area (Å²) in [7, 11) is 1.05. The van der Waals surface area contributed by atoms with Crippen LogP contribution in [0.25, 0.3) is 0 Å². The van der Waals surface area contributed by atoms with Gasteiger partial charge in [0.2, 0.25) is 0 Å². The Morgan fingerprint density at radius 3 is 2.19 bits per heavy atom. The fraction of sp³-hybridized carbons (Fsp3) is 0.500. The normalized spacial score (nSPS) is 12.2. The SMILES string of the molecule is COc1cc(C(F)(F)F)cc(CC(=O)OC(C)(C)C)c1F. The maximum absolute atomic E-state index is 13.9. The first kappa shape index (κ1) is 17.3. The fourth-order valence-corrected chi connectivity index (χ4v) is 1.63. The van der Waals surface area contributed by atoms with Crippen molar-refractivity contribution in [3.63, 3.8) is 0 Å². The van der Waals surface area contributed by atoms with Crippen LogP contribution in [0.15, 0.2) is 12.1 Å². The Hall–Kier alpha value is -1.79. The standard InChI is InChI=1S/C14H16F4O3/c1-13(2,3)21-11(19)6-8-5-9(14(16,17)18)7-10(20-4)12(8)15/h5,7H,6H2,1-4H3. The maximum Gasteiger partial charge on any atom is 0.416 e. The Morgan fingerprint density at radius 1 is 1.19 bits per heavy atom. The van der Waals surface area contributed by atoms with Gasteiger partial charge in [0, 0.05) is 5.56 Å². The van der Waals surface area contributed by atoms with E-state index in [9.17, 15) is 22.4 Å². The lowest BCUT2D eigenvalue weighted by Crippen LogP contribution is -2.25. The summed E-state index contributed by atoms with van der Waals surface area (Å²) in [6.07, 6.45) is -5.27. The van der Waals surface area contributed by atoms with Crippen LogP contribution in [0.3, 0.4) is 0 Å². The Labute approximate surface area is 119 Å². The van der Waals surface area contributed by atoms with Crippen LogP contribution in [0.2, 0.25) is 0 Å². The van der Waals surface area contributed by atoms with E-state index in [0.29, 0.717) is 12.1 Å². The molecule has 7 heteroatoms. The van der Waals surface area contributed by atoms with Gasteiger partial charge in [0.15, 0.2) is 11.6 Å². The number of halogens is 4. The van der Waals surface area contributed by atoms with E-state index in [2.05, 4.69) is 4.74 Å². The summed E-state index contributed by atoms with van der Waals surface area (Å²) in [6, 6.07) is 1.13. The summed E-state index contributed by atoms with van der Waals surface area (Å²) in [4.78, 5) is 11.6. The molecule has 118 valence electrons. The average Bonchev–Trinajstić information content (AvgIpc) is 2.27. The molecule has 0 fully saturated rings. The zero-order valence-electron chi connectivity index (χ0n) is 12.1. The molecule has 21 heavy (non-hydrogen) atoms. The minimum absolute atomic E-state index is 0.420. The number of hydrogen-bond donors (Lipinski definition) is 0. The highest BCUT2D eigenvalue weighted by Crippen LogP contribution is 2.34. The monoisotopic (exact) mass is 308 g/mol. The number of carbonyl (C=O) groups excluding carboxylic acids is 1. The second kappa shape index (κ2) is 5.91. The minimum Gasteiger partial charge on any atom is -0.494 e. The molecule has 0 heterocycles. The van der Waals surface area contributed by atoms with Crippen LogP contribution in [0, 0.1) is 5.82 Å². The van der Waals surface area contributed by atoms with Crippen LogP contribution in [-0.2, 0) is 22.1 Å². The zero-order valence-corrected chi connectivity index (χ0v) is 12.1. The van der Waals surface area contributed by atoms with E-state index in [1.54, 1.807) is 20.8 Å². The lowest BCUT2D eigenvalue weighted by atomic mass is 10.1. The van der Waals surface area contributed by atoms with E-state index in [1.165, 1.54) is 0 Å². The molecular weight excluding hydrogens is 292 g/mol. The molecule has 1 rings (SSSR count). The predicted molar refractivity (Wildman–Crippen MR) is 67.5 cm³/mol. The lowest BCUT2D eigenvalue weighted by Gasteiger charge is -2.20. The van der Waals surface area contributed by atoms with Gasteiger partial charge in [-0.25, -0.2) is 4.39 Å². The van der Waals surface area contributed by atoms with Crippen molar-refractivity contribution in [2.75, 3.05) is 7.11 Å². The maximum atomic E-state index is 13.9. The fourth-order valence-electron chi connectivity index (χ4n) is 1.63. The van der Waals surface area contributed by atoms with Gasteiger partial charge in [0.05, 0.1) is 19.1 Å². The third-order valence-corrected chi connectivity index (χ3v) is 2.42. The minimum atomic E-state index is -4.66. The Bertz CT molecular complexity index is 530. The van der Waals surface area contributed by atoms with E-state index in [0.717, 1.165) is 7.11 Å². The van der Waals surface area contributed by atoms with Crippen LogP contribution in [0.4, 0.5) is 17.6 Å². The first-order valence-electron chi connectivity index (χ1n) is 6.09. The van der Waals surface area contributed by atoms with Gasteiger partial charge >= 0.3 is 12.1 Å². The van der Waals surface area contributed by atoms with Crippen molar-refractivity contribution in [3.8, 4) is 5.75 Å². The van der Waals surface area contributed by atoms with Crippen LogP contribution < -0.4 is 4.74 Å². The van der Waals surface area contributed by atoms with Crippen LogP contribution in [-0.4, -0.2) is 18.7 Å². The second-order valence-corrected chi connectivity index (χ2v) is 5.41. The van der Waals surface area contributed by atoms with Crippen LogP contribution in [0.1, 0.15) is 31.9 Å². The van der Waals surface area contributed by atoms with E-state index in [4.69, 9.17) is 4.74 Å². The third-order valence-electron chi connectivity index (χ3n) is 2.42. The average molecular weight is 308 g/mol. The van der Waals surface area contributed by atoms with Gasteiger partial charge in [0.1, 0.15) is 5.60 Å². The smallest absolute Gasteiger partial charge is 0.416 e. The number of carbonyl (C=O) groups is 1. The number of hydrogen-bond acceptors (Lipinski definition) is 3. The first-order valence-corrected chi connectivity index (χ1v) is 6.09. The summed E-state index contributed by atoms with van der Waals surface area (Å²) >= 11 is 0. The molecule has 0 aliphatic carbocycles. The van der Waals surface area contributed by atoms with Gasteiger partial charge in [-0.2, -0.15) is 13.2 Å². The van der Waals surface area contributed by atoms with Gasteiger partial charge in [-0.3, -0.25) is 4.79 Å². The molecule has 0 saturated carbocycles. The highest BCUT2D eigenvalue weighted by Gasteiger charge is 2.33. The van der Waals surface area contributed by atoms with Gasteiger partial charge in [-0.15, -0.1) is 0 Å². The number of benzene rings is 1. The summed E-state index contributed by atoms with van der Waals surface area (Å²) in [5.74, 6) is -2.39. The summed E-state index contributed by atoms with van der Waals surface area (Å²) in [5.41, 5.74) is -2.31. The highest BCUT2D eigenvalue weighted by molar-refractivity contribution is 5.73. The molecule has 3 nitrogen and oxygen atoms in total. The molecule has 0 saturated heterocycles. The van der Waals surface area contributed by atoms with E-state index in [-0.39, 0.29) is 0 Å². The van der Waals surface area contributed by atoms with Crippen LogP contribution in [0.5, 0.6) is 5.75 Å². The Kier molecular flexibility index (Phi) is 4.86. The topological polar surface area (TPSA) is 35.5 Å². The largest absolute Gasteiger partial charge is 0.494 e. The molecule has 1 aromatic carbocycles. The van der Waals surface area contributed by atoms with Crippen molar-refractivity contribution < 1.29 is 31.8 Å². The van der Waals surface area contributed by atoms with Crippen molar-refractivity contribution in [2.24, 2.45) is 0 Å². The van der Waals surface area contributed by atoms with Gasteiger partial charge in [-0.1, -0.05) is 0 Å². The Morgan fingerprint density at radius 2 is 1.76 bits per heavy atom. The number of methoxy groups -OCH3 is 1. The number of alkyl halides is 3. The quantitative estimate of drug-likeness (QED) is 0.630. The molecule has 0 aliphatic heterocycles. The molecule has 1 aromatic rings. The van der Waals surface area contributed by atoms with Crippen molar-refractivity contribution in [3.05, 3.63) is 29.1 Å². The van der Waals surface area contributed by atoms with Crippen LogP contribution >= 0.6 is 0 Å². The van der Waals surface area contributed by atoms with Crippen molar-refractivity contribution in [1.29, 1.82) is 0 Å². The summed E-state index contributed by atoms with van der Waals surface area (Å²) in [6.45, 7) is 4.82. The molecule has 0 amide bonds. The van der Waals surface area contributed by atoms with Crippen molar-refractivity contribution in [1.82, 2.24) is 0 Å². The third kappa shape index (κ3) is 4.91. The molecule has 0 spiro atoms. The highest BCUT2D eigenvalue weighted by atomic mass is 19.4. The Balaban J connectivity index is 3.14. The van der Waals surface area contributed by atoms with E-state index in [1.807, 2.05) is 0 Å². The molecule has 0 unspecified atom stereocenters. The number of rotatable bonds is 3. The van der Waals surface area contributed by atoms with E-state index < -0.39 is 46.9 Å². The summed E-state index contributed by atoms with van der Waals surface area (Å²) in [5, 5.41) is 0. The lowest BCUT2D eigenvalue weighted by molar-refractivity contribution is -0.154. The predicted octanol–water partition coefficient (Wildman–Crippen LogP) is 3.74. The molecular formula is C14H16F4O3. The summed E-state index contributed by atoms with van der Waals surface area (Å²) < 4.78 is 61.7. The number of esters is 1. The van der Waals surface area contributed by atoms with E-state index >= 15 is 0 Å². The molecule has 0 bridgehead atoms. The second-order valence-electron chi connectivity index (χ2n) is 5.41. The van der Waals surface area contributed by atoms with Gasteiger partial charge in [-0.05, 0) is 32.9 Å². The molecule has 0 aromatic heterocycles. The molecule has 0 N–H and O–H groups in total. The first-order chi connectivity index (χ1) is 9.44. The van der Waals surface area contributed by atoms with Gasteiger partial charge < -0.3 is 9.47 Å². The molecule has 0 radical (unpaired) electrons. The van der Waals surface area contributed by atoms with Gasteiger partial charge in [0.25, 0.3) is 0 Å². The molecule has 0 atom stereocenters. The van der Waals surface area contributed by atoms with Crippen molar-refractivity contribution in [2.45, 2.75) is 39.0 Å². The molecule has 0 aliphatic rings. The number of ether oxygens (including phenoxy) is 2. The van der Waals surface area contributed by atoms with Crippen molar-refractivity contribution >= 4 is 5.97 Å².